The summed E-state index contributed by atoms with van der Waals surface area (Å²) >= 11 is 0. The van der Waals surface area contributed by atoms with E-state index in [0.717, 1.165) is 34.1 Å². The Bertz CT molecular complexity index is 1580. The number of alkyl halides is 8. The van der Waals surface area contributed by atoms with Crippen molar-refractivity contribution in [3.05, 3.63) is 65.0 Å². The minimum absolute atomic E-state index is 0.0336. The highest BCUT2D eigenvalue weighted by molar-refractivity contribution is 7.92. The van der Waals surface area contributed by atoms with Gasteiger partial charge in [-0.25, -0.2) is 21.6 Å². The maximum absolute atomic E-state index is 15.0. The Kier molecular flexibility index (Phi) is 7.57. The summed E-state index contributed by atoms with van der Waals surface area (Å²) in [4.78, 5) is 27.4. The van der Waals surface area contributed by atoms with Crippen molar-refractivity contribution in [1.29, 1.82) is 0 Å². The van der Waals surface area contributed by atoms with Crippen LogP contribution in [-0.4, -0.2) is 74.2 Å². The fourth-order valence-corrected chi connectivity index (χ4v) is 9.17. The van der Waals surface area contributed by atoms with Crippen molar-refractivity contribution in [2.75, 3.05) is 13.6 Å². The molecule has 0 bridgehead atoms. The van der Waals surface area contributed by atoms with Gasteiger partial charge >= 0.3 is 18.0 Å². The summed E-state index contributed by atoms with van der Waals surface area (Å²) in [6, 6.07) is 2.36. The van der Waals surface area contributed by atoms with Crippen molar-refractivity contribution in [3.8, 4) is 0 Å². The number of hydrogen-bond acceptors (Lipinski definition) is 4. The van der Waals surface area contributed by atoms with Crippen LogP contribution < -0.4 is 0 Å². The van der Waals surface area contributed by atoms with Crippen molar-refractivity contribution in [1.82, 2.24) is 9.80 Å². The molecule has 0 spiro atoms. The van der Waals surface area contributed by atoms with Crippen LogP contribution >= 0.6 is 0 Å². The first-order valence-corrected chi connectivity index (χ1v) is 14.9. The van der Waals surface area contributed by atoms with Gasteiger partial charge in [0.05, 0.1) is 10.9 Å². The van der Waals surface area contributed by atoms with Crippen molar-refractivity contribution in [3.63, 3.8) is 0 Å². The summed E-state index contributed by atoms with van der Waals surface area (Å²) in [6.45, 7) is -0.279. The molecule has 44 heavy (non-hydrogen) atoms. The summed E-state index contributed by atoms with van der Waals surface area (Å²) in [6.07, 6.45) is -16.1. The highest BCUT2D eigenvalue weighted by Gasteiger charge is 2.73. The third-order valence-electron chi connectivity index (χ3n) is 8.99. The molecule has 4 atom stereocenters. The van der Waals surface area contributed by atoms with E-state index in [2.05, 4.69) is 0 Å². The van der Waals surface area contributed by atoms with Gasteiger partial charge in [-0.3, -0.25) is 9.59 Å². The van der Waals surface area contributed by atoms with Gasteiger partial charge in [-0.1, -0.05) is 18.2 Å². The topological polar surface area (TPSA) is 74.8 Å². The molecule has 2 aliphatic heterocycles. The molecule has 2 heterocycles. The van der Waals surface area contributed by atoms with Crippen LogP contribution in [0.4, 0.5) is 39.5 Å². The van der Waals surface area contributed by atoms with Gasteiger partial charge in [0.1, 0.15) is 16.6 Å². The van der Waals surface area contributed by atoms with Crippen LogP contribution in [-0.2, 0) is 36.3 Å². The first-order chi connectivity index (χ1) is 20.3. The first-order valence-electron chi connectivity index (χ1n) is 13.5. The SMILES string of the molecule is CN1C(=O)[C@@H](F)C[C@H]1C(=O)N1CC[C@]2(S(=O)(=O)c3ccc(F)cc3)c3ccc(C(F)(C(F)(F)F)C(F)(F)F)cc3CCC[C@H]12. The number of carbonyl (C=O) groups is 2. The predicted molar refractivity (Wildman–Crippen MR) is 136 cm³/mol. The third-order valence-corrected chi connectivity index (χ3v) is 11.5. The molecule has 16 heteroatoms. The fraction of sp³-hybridized carbons (Fsp3) is 0.500. The van der Waals surface area contributed by atoms with E-state index in [4.69, 9.17) is 0 Å². The molecule has 0 radical (unpaired) electrons. The van der Waals surface area contributed by atoms with Crippen molar-refractivity contribution < 1.29 is 57.5 Å². The van der Waals surface area contributed by atoms with Gasteiger partial charge < -0.3 is 9.80 Å². The number of amides is 2. The molecule has 0 N–H and O–H groups in total. The molecular weight excluding hydrogens is 631 g/mol. The lowest BCUT2D eigenvalue weighted by atomic mass is 9.84. The molecule has 0 saturated carbocycles. The van der Waals surface area contributed by atoms with Crippen LogP contribution in [0.2, 0.25) is 0 Å². The second-order valence-corrected chi connectivity index (χ2v) is 13.4. The number of carbonyl (C=O) groups excluding carboxylic acids is 2. The first kappa shape index (κ1) is 32.1. The minimum atomic E-state index is -6.40. The summed E-state index contributed by atoms with van der Waals surface area (Å²) in [5.74, 6) is -2.52. The molecule has 2 aromatic carbocycles. The molecule has 2 fully saturated rings. The van der Waals surface area contributed by atoms with Gasteiger partial charge in [0.25, 0.3) is 5.91 Å². The molecule has 5 rings (SSSR count). The summed E-state index contributed by atoms with van der Waals surface area (Å²) in [5, 5.41) is 0. The zero-order valence-electron chi connectivity index (χ0n) is 22.9. The van der Waals surface area contributed by atoms with Crippen molar-refractivity contribution in [2.24, 2.45) is 0 Å². The van der Waals surface area contributed by atoms with E-state index in [1.807, 2.05) is 0 Å². The highest BCUT2D eigenvalue weighted by Crippen LogP contribution is 2.56. The minimum Gasteiger partial charge on any atom is -0.336 e. The highest BCUT2D eigenvalue weighted by atomic mass is 32.2. The predicted octanol–water partition coefficient (Wildman–Crippen LogP) is 5.29. The van der Waals surface area contributed by atoms with Gasteiger partial charge in [-0.05, 0) is 61.1 Å². The lowest BCUT2D eigenvalue weighted by molar-refractivity contribution is -0.348. The number of likely N-dealkylation sites (tertiary alicyclic amines) is 2. The smallest absolute Gasteiger partial charge is 0.336 e. The number of halogens is 9. The Morgan fingerprint density at radius 3 is 2.14 bits per heavy atom. The molecular formula is C28H25F9N2O4S. The number of aryl methyl sites for hydroxylation is 1. The molecule has 2 saturated heterocycles. The van der Waals surface area contributed by atoms with Crippen LogP contribution in [0.3, 0.4) is 0 Å². The van der Waals surface area contributed by atoms with E-state index in [1.165, 1.54) is 7.05 Å². The van der Waals surface area contributed by atoms with Crippen LogP contribution in [0.1, 0.15) is 42.4 Å². The Balaban J connectivity index is 1.71. The Morgan fingerprint density at radius 2 is 1.59 bits per heavy atom. The van der Waals surface area contributed by atoms with Gasteiger partial charge in [0, 0.05) is 25.6 Å². The summed E-state index contributed by atoms with van der Waals surface area (Å²) in [7, 11) is -3.49. The number of fused-ring (bicyclic) bond motifs is 3. The Morgan fingerprint density at radius 1 is 0.977 bits per heavy atom. The summed E-state index contributed by atoms with van der Waals surface area (Å²) < 4.78 is 151. The van der Waals surface area contributed by atoms with E-state index in [1.54, 1.807) is 0 Å². The Hall–Kier alpha value is -3.30. The van der Waals surface area contributed by atoms with E-state index in [-0.39, 0.29) is 43.0 Å². The van der Waals surface area contributed by atoms with Gasteiger partial charge in [0.2, 0.25) is 5.91 Å². The lowest BCUT2D eigenvalue weighted by Gasteiger charge is -2.39. The lowest BCUT2D eigenvalue weighted by Crippen LogP contribution is -2.53. The molecule has 1 aliphatic carbocycles. The van der Waals surface area contributed by atoms with Crippen molar-refractivity contribution in [2.45, 2.75) is 78.0 Å². The second kappa shape index (κ2) is 10.4. The number of benzene rings is 2. The van der Waals surface area contributed by atoms with Gasteiger partial charge in [-0.15, -0.1) is 0 Å². The molecule has 0 unspecified atom stereocenters. The van der Waals surface area contributed by atoms with Crippen LogP contribution in [0, 0.1) is 5.82 Å². The molecule has 2 amide bonds. The average molecular weight is 657 g/mol. The standard InChI is InChI=1S/C28H25F9N2O4S/c1-38-21(14-20(30)23(38)40)24(41)39-12-11-25(44(42,43)18-8-6-17(29)7-9-18)19-10-5-16(13-15(19)3-2-4-22(25)39)26(31,27(32,33)34)28(35,36)37/h5-10,13,20-22H,2-4,11-12,14H2,1H3/t20-,21-,22-,25-/m0/s1. The fourth-order valence-electron chi connectivity index (χ4n) is 6.80. The average Bonchev–Trinajstić information content (AvgIpc) is 3.38. The number of rotatable bonds is 4. The van der Waals surface area contributed by atoms with Crippen LogP contribution in [0.15, 0.2) is 47.4 Å². The number of likely N-dealkylation sites (N-methyl/N-ethyl adjacent to an activating group) is 1. The maximum atomic E-state index is 15.0. The van der Waals surface area contributed by atoms with E-state index in [0.29, 0.717) is 12.1 Å². The van der Waals surface area contributed by atoms with E-state index in [9.17, 15) is 53.1 Å². The molecule has 0 aromatic heterocycles. The summed E-state index contributed by atoms with van der Waals surface area (Å²) in [5.41, 5.74) is -8.06. The van der Waals surface area contributed by atoms with E-state index >= 15 is 4.39 Å². The molecule has 6 nitrogen and oxygen atoms in total. The van der Waals surface area contributed by atoms with Crippen LogP contribution in [0.5, 0.6) is 0 Å². The zero-order valence-corrected chi connectivity index (χ0v) is 23.7. The number of hydrogen-bond donors (Lipinski definition) is 0. The van der Waals surface area contributed by atoms with Crippen molar-refractivity contribution >= 4 is 21.7 Å². The maximum Gasteiger partial charge on any atom is 0.435 e. The normalized spacial score (nSPS) is 26.4. The molecule has 2 aromatic rings. The van der Waals surface area contributed by atoms with Crippen LogP contribution in [0.25, 0.3) is 0 Å². The molecule has 3 aliphatic rings. The monoisotopic (exact) mass is 656 g/mol. The molecule has 240 valence electrons. The van der Waals surface area contributed by atoms with E-state index < -0.39 is 91.8 Å². The third kappa shape index (κ3) is 4.49. The quantitative estimate of drug-likeness (QED) is 0.331. The second-order valence-electron chi connectivity index (χ2n) is 11.2. The zero-order chi connectivity index (χ0) is 32.6. The Labute approximate surface area is 245 Å². The van der Waals surface area contributed by atoms with Gasteiger partial charge in [-0.2, -0.15) is 26.3 Å². The number of nitrogens with zero attached hydrogens (tertiary/aromatic N) is 2. The van der Waals surface area contributed by atoms with Gasteiger partial charge in [0.15, 0.2) is 16.0 Å². The largest absolute Gasteiger partial charge is 0.435 e. The number of sulfone groups is 1.